The molecular weight excluding hydrogens is 434 g/mol. The van der Waals surface area contributed by atoms with Crippen LogP contribution in [0.4, 0.5) is 5.69 Å². The highest BCUT2D eigenvalue weighted by Crippen LogP contribution is 2.17. The quantitative estimate of drug-likeness (QED) is 0.427. The Bertz CT molecular complexity index is 1360. The lowest BCUT2D eigenvalue weighted by atomic mass is 10.1. The highest BCUT2D eigenvalue weighted by atomic mass is 32.2. The molecule has 10 heteroatoms. The molecule has 32 heavy (non-hydrogen) atoms. The number of ketones is 1. The minimum absolute atomic E-state index is 0.188. The van der Waals surface area contributed by atoms with Gasteiger partial charge in [-0.25, -0.2) is 18.2 Å². The molecule has 0 saturated heterocycles. The van der Waals surface area contributed by atoms with E-state index in [9.17, 15) is 22.8 Å². The number of hydrogen-bond acceptors (Lipinski definition) is 7. The van der Waals surface area contributed by atoms with Gasteiger partial charge in [-0.1, -0.05) is 0 Å². The lowest BCUT2D eigenvalue weighted by molar-refractivity contribution is 0.0319. The van der Waals surface area contributed by atoms with Crippen molar-refractivity contribution < 1.29 is 22.7 Å². The van der Waals surface area contributed by atoms with Gasteiger partial charge in [0.05, 0.1) is 22.9 Å². The van der Waals surface area contributed by atoms with Crippen LogP contribution in [0, 0.1) is 6.92 Å². The number of ether oxygens (including phenoxy) is 1. The third-order valence-electron chi connectivity index (χ3n) is 4.79. The first kappa shape index (κ1) is 23.1. The summed E-state index contributed by atoms with van der Waals surface area (Å²) >= 11 is 0. The number of aromatic nitrogens is 2. The summed E-state index contributed by atoms with van der Waals surface area (Å²) in [6.45, 7) is 5.38. The number of fused-ring (bicyclic) bond motifs is 1. The van der Waals surface area contributed by atoms with Crippen molar-refractivity contribution in [2.75, 3.05) is 11.0 Å². The molecule has 0 bridgehead atoms. The van der Waals surface area contributed by atoms with Crippen LogP contribution in [-0.2, 0) is 21.3 Å². The Kier molecular flexibility index (Phi) is 6.45. The summed E-state index contributed by atoms with van der Waals surface area (Å²) in [5.74, 6) is -1.13. The van der Waals surface area contributed by atoms with E-state index in [-0.39, 0.29) is 16.7 Å². The number of benzene rings is 2. The SMILES string of the molecule is CCn1c(=O)c(C)nc2cc(C(=O)O[C@@H](C)C(=O)c3ccc(NS(C)(=O)=O)cc3)ccc21. The molecule has 3 rings (SSSR count). The molecule has 0 spiro atoms. The fraction of sp³-hybridized carbons (Fsp3) is 0.273. The molecule has 3 aromatic rings. The summed E-state index contributed by atoms with van der Waals surface area (Å²) in [5.41, 5.74) is 2.01. The zero-order valence-electron chi connectivity index (χ0n) is 18.1. The number of nitrogens with zero attached hydrogens (tertiary/aromatic N) is 2. The summed E-state index contributed by atoms with van der Waals surface area (Å²) < 4.78 is 31.8. The molecule has 0 aliphatic rings. The van der Waals surface area contributed by atoms with Crippen LogP contribution in [0.15, 0.2) is 47.3 Å². The second kappa shape index (κ2) is 8.91. The van der Waals surface area contributed by atoms with Crippen molar-refractivity contribution in [2.24, 2.45) is 0 Å². The predicted molar refractivity (Wildman–Crippen MR) is 121 cm³/mol. The molecule has 9 nitrogen and oxygen atoms in total. The van der Waals surface area contributed by atoms with Crippen LogP contribution in [0.3, 0.4) is 0 Å². The number of sulfonamides is 1. The van der Waals surface area contributed by atoms with Crippen molar-refractivity contribution in [3.8, 4) is 0 Å². The number of aryl methyl sites for hydroxylation is 2. The van der Waals surface area contributed by atoms with Gasteiger partial charge in [0.25, 0.3) is 5.56 Å². The molecule has 0 radical (unpaired) electrons. The first-order chi connectivity index (χ1) is 15.0. The number of hydrogen-bond donors (Lipinski definition) is 1. The Morgan fingerprint density at radius 1 is 1.12 bits per heavy atom. The maximum atomic E-state index is 12.6. The molecule has 1 atom stereocenters. The Balaban J connectivity index is 1.77. The van der Waals surface area contributed by atoms with E-state index in [1.165, 1.54) is 43.3 Å². The predicted octanol–water partition coefficient (Wildman–Crippen LogP) is 2.52. The number of Topliss-reactive ketones (excluding diaryl/α,β-unsaturated/α-hetero) is 1. The van der Waals surface area contributed by atoms with Gasteiger partial charge in [-0.2, -0.15) is 0 Å². The minimum atomic E-state index is -3.43. The second-order valence-electron chi connectivity index (χ2n) is 7.31. The molecule has 0 saturated carbocycles. The van der Waals surface area contributed by atoms with Crippen molar-refractivity contribution in [1.82, 2.24) is 9.55 Å². The number of nitrogens with one attached hydrogen (secondary N) is 1. The van der Waals surface area contributed by atoms with Crippen molar-refractivity contribution in [1.29, 1.82) is 0 Å². The normalized spacial score (nSPS) is 12.4. The minimum Gasteiger partial charge on any atom is -0.451 e. The average Bonchev–Trinajstić information content (AvgIpc) is 2.73. The highest BCUT2D eigenvalue weighted by Gasteiger charge is 2.21. The van der Waals surface area contributed by atoms with E-state index < -0.39 is 27.9 Å². The topological polar surface area (TPSA) is 124 Å². The lowest BCUT2D eigenvalue weighted by Gasteiger charge is -2.14. The van der Waals surface area contributed by atoms with Gasteiger partial charge in [0.2, 0.25) is 15.8 Å². The first-order valence-corrected chi connectivity index (χ1v) is 11.7. The lowest BCUT2D eigenvalue weighted by Crippen LogP contribution is -2.25. The van der Waals surface area contributed by atoms with Gasteiger partial charge in [0, 0.05) is 17.8 Å². The molecule has 2 aromatic carbocycles. The van der Waals surface area contributed by atoms with Crippen molar-refractivity contribution in [3.05, 3.63) is 69.6 Å². The number of carbonyl (C=O) groups is 2. The van der Waals surface area contributed by atoms with Gasteiger partial charge in [-0.05, 0) is 63.2 Å². The number of carbonyl (C=O) groups excluding carboxylic acids is 2. The monoisotopic (exact) mass is 457 g/mol. The Morgan fingerprint density at radius 3 is 2.34 bits per heavy atom. The molecule has 1 aromatic heterocycles. The van der Waals surface area contributed by atoms with Gasteiger partial charge < -0.3 is 9.30 Å². The largest absolute Gasteiger partial charge is 0.451 e. The van der Waals surface area contributed by atoms with E-state index >= 15 is 0 Å². The molecule has 0 fully saturated rings. The molecule has 0 unspecified atom stereocenters. The summed E-state index contributed by atoms with van der Waals surface area (Å²) in [4.78, 5) is 41.7. The Labute approximate surface area is 185 Å². The maximum Gasteiger partial charge on any atom is 0.338 e. The molecule has 1 heterocycles. The number of esters is 1. The fourth-order valence-corrected chi connectivity index (χ4v) is 3.81. The van der Waals surface area contributed by atoms with E-state index in [1.54, 1.807) is 17.6 Å². The zero-order valence-corrected chi connectivity index (χ0v) is 18.9. The average molecular weight is 458 g/mol. The zero-order chi connectivity index (χ0) is 23.6. The van der Waals surface area contributed by atoms with Gasteiger partial charge in [-0.15, -0.1) is 0 Å². The van der Waals surface area contributed by atoms with Crippen LogP contribution in [0.1, 0.15) is 40.3 Å². The summed E-state index contributed by atoms with van der Waals surface area (Å²) in [6, 6.07) is 10.5. The van der Waals surface area contributed by atoms with Crippen molar-refractivity contribution in [2.45, 2.75) is 33.4 Å². The number of rotatable bonds is 7. The first-order valence-electron chi connectivity index (χ1n) is 9.84. The van der Waals surface area contributed by atoms with Gasteiger partial charge in [0.1, 0.15) is 5.69 Å². The molecule has 0 amide bonds. The maximum absolute atomic E-state index is 12.6. The summed E-state index contributed by atoms with van der Waals surface area (Å²) in [5, 5.41) is 0. The third-order valence-corrected chi connectivity index (χ3v) is 5.39. The summed E-state index contributed by atoms with van der Waals surface area (Å²) in [6.07, 6.45) is -0.0373. The van der Waals surface area contributed by atoms with Crippen LogP contribution in [-0.4, -0.2) is 42.1 Å². The Morgan fingerprint density at radius 2 is 1.75 bits per heavy atom. The van der Waals surface area contributed by atoms with Crippen LogP contribution in [0.25, 0.3) is 11.0 Å². The van der Waals surface area contributed by atoms with Crippen molar-refractivity contribution >= 4 is 38.5 Å². The Hall–Kier alpha value is -3.53. The van der Waals surface area contributed by atoms with Crippen LogP contribution in [0.2, 0.25) is 0 Å². The molecule has 0 aliphatic carbocycles. The van der Waals surface area contributed by atoms with Gasteiger partial charge in [-0.3, -0.25) is 14.3 Å². The van der Waals surface area contributed by atoms with Crippen LogP contribution in [0.5, 0.6) is 0 Å². The van der Waals surface area contributed by atoms with E-state index in [0.717, 1.165) is 6.26 Å². The fourth-order valence-electron chi connectivity index (χ4n) is 3.25. The van der Waals surface area contributed by atoms with E-state index in [1.807, 2.05) is 6.92 Å². The van der Waals surface area contributed by atoms with Crippen molar-refractivity contribution in [3.63, 3.8) is 0 Å². The van der Waals surface area contributed by atoms with E-state index in [4.69, 9.17) is 4.74 Å². The molecule has 1 N–H and O–H groups in total. The van der Waals surface area contributed by atoms with E-state index in [0.29, 0.717) is 29.0 Å². The van der Waals surface area contributed by atoms with E-state index in [2.05, 4.69) is 9.71 Å². The smallest absolute Gasteiger partial charge is 0.338 e. The third kappa shape index (κ3) is 5.02. The van der Waals surface area contributed by atoms with Crippen LogP contribution < -0.4 is 10.3 Å². The van der Waals surface area contributed by atoms with Gasteiger partial charge in [0.15, 0.2) is 6.10 Å². The molecule has 168 valence electrons. The highest BCUT2D eigenvalue weighted by molar-refractivity contribution is 7.92. The molecule has 0 aliphatic heterocycles. The standard InChI is InChI=1S/C22H23N3O6S/c1-5-25-19-11-8-16(12-18(19)23-13(2)21(25)27)22(28)31-14(3)20(26)15-6-9-17(10-7-15)24-32(4,29)30/h6-12,14,24H,5H2,1-4H3/t14-/m0/s1. The second-order valence-corrected chi connectivity index (χ2v) is 9.06. The summed E-state index contributed by atoms with van der Waals surface area (Å²) in [7, 11) is -3.43. The van der Waals surface area contributed by atoms with Gasteiger partial charge >= 0.3 is 5.97 Å². The van der Waals surface area contributed by atoms with Crippen LogP contribution >= 0.6 is 0 Å². The number of anilines is 1. The molecular formula is C22H23N3O6S.